The highest BCUT2D eigenvalue weighted by Gasteiger charge is 2.11. The predicted molar refractivity (Wildman–Crippen MR) is 92.3 cm³/mol. The molecule has 2 heterocycles. The number of nitrogens with zero attached hydrogens (tertiary/aromatic N) is 1. The number of benzene rings is 1. The second-order valence-corrected chi connectivity index (χ2v) is 7.26. The van der Waals surface area contributed by atoms with Crippen LogP contribution in [-0.2, 0) is 5.75 Å². The standard InChI is InChI=1S/C17H15NO3S2/c1-10-3-5-13(11(2)7-10)14-9-23-17(18-14)22-8-12-4-6-15(21-12)16(19)20/h3-7,9H,8H2,1-2H3,(H,19,20). The van der Waals surface area contributed by atoms with Gasteiger partial charge in [0.1, 0.15) is 5.76 Å². The molecule has 0 amide bonds. The van der Waals surface area contributed by atoms with Crippen LogP contribution in [0.25, 0.3) is 11.3 Å². The maximum Gasteiger partial charge on any atom is 0.371 e. The van der Waals surface area contributed by atoms with Crippen molar-refractivity contribution in [3.8, 4) is 11.3 Å². The minimum Gasteiger partial charge on any atom is -0.475 e. The number of hydrogen-bond acceptors (Lipinski definition) is 5. The van der Waals surface area contributed by atoms with E-state index in [-0.39, 0.29) is 5.76 Å². The monoisotopic (exact) mass is 345 g/mol. The Morgan fingerprint density at radius 1 is 1.30 bits per heavy atom. The van der Waals surface area contributed by atoms with Gasteiger partial charge in [0.15, 0.2) is 4.34 Å². The minimum atomic E-state index is -1.05. The minimum absolute atomic E-state index is 0.0318. The van der Waals surface area contributed by atoms with Crippen molar-refractivity contribution < 1.29 is 14.3 Å². The van der Waals surface area contributed by atoms with Gasteiger partial charge in [-0.25, -0.2) is 9.78 Å². The predicted octanol–water partition coefficient (Wildman–Crippen LogP) is 5.01. The summed E-state index contributed by atoms with van der Waals surface area (Å²) >= 11 is 3.13. The first-order valence-electron chi connectivity index (χ1n) is 7.01. The molecule has 0 aliphatic carbocycles. The molecule has 3 rings (SSSR count). The first kappa shape index (κ1) is 15.8. The van der Waals surface area contributed by atoms with Gasteiger partial charge in [-0.2, -0.15) is 0 Å². The zero-order valence-electron chi connectivity index (χ0n) is 12.7. The van der Waals surface area contributed by atoms with Crippen LogP contribution in [-0.4, -0.2) is 16.1 Å². The number of thioether (sulfide) groups is 1. The molecule has 0 saturated carbocycles. The van der Waals surface area contributed by atoms with E-state index >= 15 is 0 Å². The van der Waals surface area contributed by atoms with Crippen molar-refractivity contribution in [2.45, 2.75) is 23.9 Å². The van der Waals surface area contributed by atoms with E-state index in [1.807, 2.05) is 5.38 Å². The van der Waals surface area contributed by atoms with Gasteiger partial charge >= 0.3 is 5.97 Å². The quantitative estimate of drug-likeness (QED) is 0.659. The molecule has 4 nitrogen and oxygen atoms in total. The number of furan rings is 1. The summed E-state index contributed by atoms with van der Waals surface area (Å²) in [5, 5.41) is 10.9. The molecule has 0 spiro atoms. The molecule has 0 unspecified atom stereocenters. The Hall–Kier alpha value is -2.05. The fourth-order valence-corrected chi connectivity index (χ4v) is 3.97. The Kier molecular flexibility index (Phi) is 4.54. The molecular formula is C17H15NO3S2. The van der Waals surface area contributed by atoms with Crippen LogP contribution in [0, 0.1) is 13.8 Å². The van der Waals surface area contributed by atoms with E-state index in [2.05, 4.69) is 37.0 Å². The second kappa shape index (κ2) is 6.60. The smallest absolute Gasteiger partial charge is 0.371 e. The fraction of sp³-hybridized carbons (Fsp3) is 0.176. The van der Waals surface area contributed by atoms with Crippen molar-refractivity contribution >= 4 is 29.1 Å². The lowest BCUT2D eigenvalue weighted by molar-refractivity contribution is 0.0661. The van der Waals surface area contributed by atoms with E-state index < -0.39 is 5.97 Å². The van der Waals surface area contributed by atoms with Gasteiger partial charge in [0.2, 0.25) is 5.76 Å². The summed E-state index contributed by atoms with van der Waals surface area (Å²) in [6.07, 6.45) is 0. The van der Waals surface area contributed by atoms with Crippen LogP contribution in [0.2, 0.25) is 0 Å². The van der Waals surface area contributed by atoms with Gasteiger partial charge < -0.3 is 9.52 Å². The summed E-state index contributed by atoms with van der Waals surface area (Å²) in [5.41, 5.74) is 4.57. The summed E-state index contributed by atoms with van der Waals surface area (Å²) in [5.74, 6) is 0.117. The number of aromatic carboxylic acids is 1. The highest BCUT2D eigenvalue weighted by molar-refractivity contribution is 8.00. The Morgan fingerprint density at radius 2 is 2.13 bits per heavy atom. The maximum atomic E-state index is 10.8. The van der Waals surface area contributed by atoms with Crippen LogP contribution in [0.1, 0.15) is 27.4 Å². The van der Waals surface area contributed by atoms with Crippen LogP contribution in [0.15, 0.2) is 44.5 Å². The van der Waals surface area contributed by atoms with E-state index in [9.17, 15) is 4.79 Å². The van der Waals surface area contributed by atoms with Gasteiger partial charge in [0.25, 0.3) is 0 Å². The number of hydrogen-bond donors (Lipinski definition) is 1. The second-order valence-electron chi connectivity index (χ2n) is 5.18. The lowest BCUT2D eigenvalue weighted by atomic mass is 10.0. The third-order valence-corrected chi connectivity index (χ3v) is 5.39. The molecular weight excluding hydrogens is 330 g/mol. The lowest BCUT2D eigenvalue weighted by Gasteiger charge is -2.03. The molecule has 0 aliphatic rings. The van der Waals surface area contributed by atoms with E-state index in [4.69, 9.17) is 9.52 Å². The van der Waals surface area contributed by atoms with Gasteiger partial charge in [-0.3, -0.25) is 0 Å². The number of carbonyl (C=O) groups is 1. The molecule has 0 radical (unpaired) electrons. The van der Waals surface area contributed by atoms with Gasteiger partial charge in [0, 0.05) is 10.9 Å². The summed E-state index contributed by atoms with van der Waals surface area (Å²) in [4.78, 5) is 15.4. The number of thiazole rings is 1. The van der Waals surface area contributed by atoms with E-state index in [0.29, 0.717) is 11.5 Å². The normalized spacial score (nSPS) is 10.9. The topological polar surface area (TPSA) is 63.3 Å². The van der Waals surface area contributed by atoms with Crippen LogP contribution < -0.4 is 0 Å². The van der Waals surface area contributed by atoms with E-state index in [1.165, 1.54) is 17.2 Å². The first-order valence-corrected chi connectivity index (χ1v) is 8.87. The summed E-state index contributed by atoms with van der Waals surface area (Å²) in [6, 6.07) is 9.50. The van der Waals surface area contributed by atoms with Gasteiger partial charge in [-0.1, -0.05) is 35.5 Å². The van der Waals surface area contributed by atoms with Crippen molar-refractivity contribution in [1.29, 1.82) is 0 Å². The number of aromatic nitrogens is 1. The average molecular weight is 345 g/mol. The van der Waals surface area contributed by atoms with Crippen LogP contribution >= 0.6 is 23.1 Å². The van der Waals surface area contributed by atoms with Crippen molar-refractivity contribution in [2.75, 3.05) is 0 Å². The number of aryl methyl sites for hydroxylation is 2. The third-order valence-electron chi connectivity index (χ3n) is 3.35. The van der Waals surface area contributed by atoms with Crippen molar-refractivity contribution in [3.63, 3.8) is 0 Å². The highest BCUT2D eigenvalue weighted by atomic mass is 32.2. The molecule has 23 heavy (non-hydrogen) atoms. The SMILES string of the molecule is Cc1ccc(-c2csc(SCc3ccc(C(=O)O)o3)n2)c(C)c1. The van der Waals surface area contributed by atoms with E-state index in [0.717, 1.165) is 15.6 Å². The van der Waals surface area contributed by atoms with E-state index in [1.54, 1.807) is 29.2 Å². The Labute approximate surface area is 142 Å². The zero-order valence-corrected chi connectivity index (χ0v) is 14.3. The van der Waals surface area contributed by atoms with Crippen LogP contribution in [0.4, 0.5) is 0 Å². The average Bonchev–Trinajstić information content (AvgIpc) is 3.14. The van der Waals surface area contributed by atoms with Crippen molar-refractivity contribution in [2.24, 2.45) is 0 Å². The van der Waals surface area contributed by atoms with Crippen molar-refractivity contribution in [3.05, 3.63) is 58.4 Å². The van der Waals surface area contributed by atoms with Crippen LogP contribution in [0.3, 0.4) is 0 Å². The molecule has 3 aromatic rings. The molecule has 6 heteroatoms. The van der Waals surface area contributed by atoms with Gasteiger partial charge in [-0.05, 0) is 31.5 Å². The number of rotatable bonds is 5. The highest BCUT2D eigenvalue weighted by Crippen LogP contribution is 2.32. The molecule has 0 bridgehead atoms. The molecule has 1 aromatic carbocycles. The summed E-state index contributed by atoms with van der Waals surface area (Å²) < 4.78 is 6.19. The number of carboxylic acids is 1. The lowest BCUT2D eigenvalue weighted by Crippen LogP contribution is -1.91. The molecule has 0 fully saturated rings. The largest absolute Gasteiger partial charge is 0.475 e. The summed E-state index contributed by atoms with van der Waals surface area (Å²) in [6.45, 7) is 4.17. The Morgan fingerprint density at radius 3 is 2.83 bits per heavy atom. The molecule has 1 N–H and O–H groups in total. The molecule has 0 aliphatic heterocycles. The van der Waals surface area contributed by atoms with Crippen molar-refractivity contribution in [1.82, 2.24) is 4.98 Å². The number of carboxylic acid groups (broad SMARTS) is 1. The third kappa shape index (κ3) is 3.65. The first-order chi connectivity index (χ1) is 11.0. The molecule has 118 valence electrons. The molecule has 0 atom stereocenters. The van der Waals surface area contributed by atoms with Gasteiger partial charge in [-0.15, -0.1) is 11.3 Å². The van der Waals surface area contributed by atoms with Crippen LogP contribution in [0.5, 0.6) is 0 Å². The summed E-state index contributed by atoms with van der Waals surface area (Å²) in [7, 11) is 0. The van der Waals surface area contributed by atoms with Gasteiger partial charge in [0.05, 0.1) is 11.4 Å². The fourth-order valence-electron chi connectivity index (χ4n) is 2.25. The zero-order chi connectivity index (χ0) is 16.4. The maximum absolute atomic E-state index is 10.8. The molecule has 2 aromatic heterocycles. The Balaban J connectivity index is 1.70. The molecule has 0 saturated heterocycles. The Bertz CT molecular complexity index is 851.